The summed E-state index contributed by atoms with van der Waals surface area (Å²) in [4.78, 5) is 15.5. The molecular weight excluding hydrogens is 446 g/mol. The van der Waals surface area contributed by atoms with Gasteiger partial charge in [-0.15, -0.1) is 0 Å². The molecule has 2 heterocycles. The number of esters is 1. The normalized spacial score (nSPS) is 16.3. The molecule has 1 aliphatic rings. The van der Waals surface area contributed by atoms with Crippen LogP contribution in [0, 0.1) is 17.6 Å². The lowest BCUT2D eigenvalue weighted by Crippen LogP contribution is -2.41. The van der Waals surface area contributed by atoms with Gasteiger partial charge in [0.05, 0.1) is 5.92 Å². The molecule has 0 N–H and O–H groups in total. The Morgan fingerprint density at radius 3 is 2.59 bits per heavy atom. The van der Waals surface area contributed by atoms with Gasteiger partial charge in [0.2, 0.25) is 10.0 Å². The Labute approximate surface area is 163 Å². The first kappa shape index (κ1) is 19.8. The molecule has 10 heteroatoms. The highest BCUT2D eigenvalue weighted by atomic mass is 79.9. The molecule has 0 saturated carbocycles. The van der Waals surface area contributed by atoms with Gasteiger partial charge < -0.3 is 4.74 Å². The number of piperidine rings is 1. The van der Waals surface area contributed by atoms with Crippen LogP contribution in [0.5, 0.6) is 5.75 Å². The van der Waals surface area contributed by atoms with Crippen LogP contribution in [0.4, 0.5) is 8.78 Å². The minimum atomic E-state index is -4.18. The summed E-state index contributed by atoms with van der Waals surface area (Å²) >= 11 is 3.18. The average molecular weight is 461 g/mol. The third-order valence-electron chi connectivity index (χ3n) is 4.23. The second-order valence-corrected chi connectivity index (χ2v) is 8.62. The summed E-state index contributed by atoms with van der Waals surface area (Å²) in [7, 11) is -4.18. The van der Waals surface area contributed by atoms with Gasteiger partial charge in [0.15, 0.2) is 5.75 Å². The maximum absolute atomic E-state index is 13.8. The van der Waals surface area contributed by atoms with Gasteiger partial charge in [-0.2, -0.15) is 4.31 Å². The molecule has 0 spiro atoms. The van der Waals surface area contributed by atoms with E-state index in [4.69, 9.17) is 4.74 Å². The number of carbonyl (C=O) groups excluding carboxylic acids is 1. The fourth-order valence-corrected chi connectivity index (χ4v) is 4.66. The van der Waals surface area contributed by atoms with Crippen molar-refractivity contribution < 1.29 is 26.7 Å². The minimum absolute atomic E-state index is 0.00621. The maximum atomic E-state index is 13.8. The Balaban J connectivity index is 1.67. The molecule has 0 atom stereocenters. The van der Waals surface area contributed by atoms with Crippen molar-refractivity contribution in [2.45, 2.75) is 17.7 Å². The van der Waals surface area contributed by atoms with E-state index in [9.17, 15) is 22.0 Å². The number of benzene rings is 1. The maximum Gasteiger partial charge on any atom is 0.314 e. The van der Waals surface area contributed by atoms with Crippen molar-refractivity contribution in [3.05, 3.63) is 52.8 Å². The lowest BCUT2D eigenvalue weighted by atomic mass is 9.98. The lowest BCUT2D eigenvalue weighted by Gasteiger charge is -2.30. The molecule has 0 bridgehead atoms. The minimum Gasteiger partial charge on any atom is -0.423 e. The summed E-state index contributed by atoms with van der Waals surface area (Å²) in [5, 5.41) is 0. The Kier molecular flexibility index (Phi) is 5.87. The lowest BCUT2D eigenvalue weighted by molar-refractivity contribution is -0.140. The number of rotatable bonds is 4. The Bertz CT molecular complexity index is 963. The number of halogens is 3. The van der Waals surface area contributed by atoms with E-state index in [2.05, 4.69) is 20.9 Å². The molecule has 0 unspecified atom stereocenters. The monoisotopic (exact) mass is 460 g/mol. The first-order valence-corrected chi connectivity index (χ1v) is 10.3. The molecule has 1 saturated heterocycles. The molecule has 6 nitrogen and oxygen atoms in total. The Morgan fingerprint density at radius 1 is 1.22 bits per heavy atom. The van der Waals surface area contributed by atoms with Gasteiger partial charge in [-0.25, -0.2) is 22.2 Å². The van der Waals surface area contributed by atoms with Crippen molar-refractivity contribution in [3.8, 4) is 5.75 Å². The number of sulfonamides is 1. The molecule has 3 rings (SSSR count). The molecule has 1 aromatic heterocycles. The zero-order chi connectivity index (χ0) is 19.6. The fraction of sp³-hybridized carbons (Fsp3) is 0.294. The van der Waals surface area contributed by atoms with Gasteiger partial charge >= 0.3 is 5.97 Å². The van der Waals surface area contributed by atoms with Crippen molar-refractivity contribution in [3.63, 3.8) is 0 Å². The summed E-state index contributed by atoms with van der Waals surface area (Å²) in [6.07, 6.45) is 1.97. The van der Waals surface area contributed by atoms with Gasteiger partial charge in [-0.05, 0) is 59.1 Å². The number of hydrogen-bond acceptors (Lipinski definition) is 5. The predicted molar refractivity (Wildman–Crippen MR) is 95.4 cm³/mol. The summed E-state index contributed by atoms with van der Waals surface area (Å²) in [5.74, 6) is -2.56. The number of pyridine rings is 1. The first-order valence-electron chi connectivity index (χ1n) is 8.06. The van der Waals surface area contributed by atoms with Crippen LogP contribution in [0.15, 0.2) is 46.0 Å². The predicted octanol–water partition coefficient (Wildman–Crippen LogP) is 3.13. The molecule has 144 valence electrons. The molecular formula is C17H15BrF2N2O4S. The van der Waals surface area contributed by atoms with Crippen molar-refractivity contribution in [1.29, 1.82) is 0 Å². The molecule has 1 aromatic carbocycles. The van der Waals surface area contributed by atoms with Gasteiger partial charge in [-0.1, -0.05) is 0 Å². The number of hydrogen-bond donors (Lipinski definition) is 0. The summed E-state index contributed by atoms with van der Waals surface area (Å²) in [5.41, 5.74) is 0. The molecule has 2 aromatic rings. The number of ether oxygens (including phenoxy) is 1. The number of carbonyl (C=O) groups is 1. The van der Waals surface area contributed by atoms with Crippen molar-refractivity contribution >= 4 is 31.9 Å². The van der Waals surface area contributed by atoms with E-state index in [-0.39, 0.29) is 31.7 Å². The van der Waals surface area contributed by atoms with Gasteiger partial charge in [0.1, 0.15) is 21.1 Å². The SMILES string of the molecule is O=C(Oc1cccnc1Br)C1CCN(S(=O)(=O)c2cc(F)ccc2F)CC1. The van der Waals surface area contributed by atoms with E-state index in [1.54, 1.807) is 12.1 Å². The fourth-order valence-electron chi connectivity index (χ4n) is 2.78. The van der Waals surface area contributed by atoms with Crippen molar-refractivity contribution in [2.24, 2.45) is 5.92 Å². The van der Waals surface area contributed by atoms with Crippen LogP contribution in [0.1, 0.15) is 12.8 Å². The van der Waals surface area contributed by atoms with E-state index in [0.717, 1.165) is 16.4 Å². The second-order valence-electron chi connectivity index (χ2n) is 5.97. The second kappa shape index (κ2) is 7.99. The highest BCUT2D eigenvalue weighted by molar-refractivity contribution is 9.10. The topological polar surface area (TPSA) is 76.6 Å². The van der Waals surface area contributed by atoms with E-state index < -0.39 is 38.4 Å². The standard InChI is InChI=1S/C17H15BrF2N2O4S/c18-16-14(2-1-7-21-16)26-17(23)11-5-8-22(9-6-11)27(24,25)15-10-12(19)3-4-13(15)20/h1-4,7,10-11H,5-6,8-9H2. The van der Waals surface area contributed by atoms with Crippen LogP contribution in [0.3, 0.4) is 0 Å². The zero-order valence-electron chi connectivity index (χ0n) is 13.9. The van der Waals surface area contributed by atoms with Crippen LogP contribution in [-0.4, -0.2) is 36.8 Å². The van der Waals surface area contributed by atoms with Gasteiger partial charge in [0, 0.05) is 19.3 Å². The van der Waals surface area contributed by atoms with Crippen LogP contribution in [-0.2, 0) is 14.8 Å². The van der Waals surface area contributed by atoms with E-state index in [1.807, 2.05) is 0 Å². The van der Waals surface area contributed by atoms with Gasteiger partial charge in [-0.3, -0.25) is 4.79 Å². The molecule has 0 amide bonds. The van der Waals surface area contributed by atoms with E-state index >= 15 is 0 Å². The first-order chi connectivity index (χ1) is 12.8. The molecule has 1 aliphatic heterocycles. The molecule has 1 fully saturated rings. The van der Waals surface area contributed by atoms with Gasteiger partial charge in [0.25, 0.3) is 0 Å². The van der Waals surface area contributed by atoms with Crippen LogP contribution < -0.4 is 4.74 Å². The highest BCUT2D eigenvalue weighted by Crippen LogP contribution is 2.28. The highest BCUT2D eigenvalue weighted by Gasteiger charge is 2.34. The smallest absolute Gasteiger partial charge is 0.314 e. The van der Waals surface area contributed by atoms with Crippen molar-refractivity contribution in [1.82, 2.24) is 9.29 Å². The van der Waals surface area contributed by atoms with E-state index in [1.165, 1.54) is 6.20 Å². The number of aromatic nitrogens is 1. The summed E-state index contributed by atoms with van der Waals surface area (Å²) < 4.78 is 59.0. The van der Waals surface area contributed by atoms with Crippen LogP contribution in [0.2, 0.25) is 0 Å². The van der Waals surface area contributed by atoms with E-state index in [0.29, 0.717) is 10.7 Å². The van der Waals surface area contributed by atoms with Crippen LogP contribution >= 0.6 is 15.9 Å². The Morgan fingerprint density at radius 2 is 1.93 bits per heavy atom. The number of nitrogens with zero attached hydrogens (tertiary/aromatic N) is 2. The summed E-state index contributed by atoms with van der Waals surface area (Å²) in [6.45, 7) is 0.0124. The largest absolute Gasteiger partial charge is 0.423 e. The van der Waals surface area contributed by atoms with Crippen molar-refractivity contribution in [2.75, 3.05) is 13.1 Å². The molecule has 27 heavy (non-hydrogen) atoms. The summed E-state index contributed by atoms with van der Waals surface area (Å²) in [6, 6.07) is 5.49. The van der Waals surface area contributed by atoms with Crippen LogP contribution in [0.25, 0.3) is 0 Å². The average Bonchev–Trinajstić information content (AvgIpc) is 2.65. The zero-order valence-corrected chi connectivity index (χ0v) is 16.3. The quantitative estimate of drug-likeness (QED) is 0.517. The third kappa shape index (κ3) is 4.33. The molecule has 0 radical (unpaired) electrons. The third-order valence-corrected chi connectivity index (χ3v) is 6.74. The molecule has 0 aliphatic carbocycles. The Hall–Kier alpha value is -1.91.